The summed E-state index contributed by atoms with van der Waals surface area (Å²) in [4.78, 5) is 27.4. The van der Waals surface area contributed by atoms with Crippen LogP contribution in [0.15, 0.2) is 45.9 Å². The van der Waals surface area contributed by atoms with Crippen molar-refractivity contribution >= 4 is 50.7 Å². The van der Waals surface area contributed by atoms with Crippen molar-refractivity contribution in [3.05, 3.63) is 83.9 Å². The number of benzene rings is 1. The highest BCUT2D eigenvalue weighted by Crippen LogP contribution is 2.46. The molecule has 1 aromatic carbocycles. The SMILES string of the molecule is Cc1cc(Cl)ccc1C1c2c(cc(Br)n2C(C)C)C(=O)N1c1cc(Cl)c(=O)n(C)c1. The van der Waals surface area contributed by atoms with Gasteiger partial charge in [-0.2, -0.15) is 0 Å². The van der Waals surface area contributed by atoms with E-state index in [0.29, 0.717) is 16.3 Å². The molecule has 3 aromatic rings. The van der Waals surface area contributed by atoms with Crippen LogP contribution in [0.3, 0.4) is 0 Å². The number of amides is 1. The molecular formula is C22H20BrCl2N3O2. The Hall–Kier alpha value is -2.02. The van der Waals surface area contributed by atoms with Crippen LogP contribution in [0, 0.1) is 6.92 Å². The van der Waals surface area contributed by atoms with Crippen LogP contribution < -0.4 is 10.5 Å². The predicted molar refractivity (Wildman–Crippen MR) is 124 cm³/mol. The molecule has 5 nitrogen and oxygen atoms in total. The van der Waals surface area contributed by atoms with E-state index < -0.39 is 0 Å². The Morgan fingerprint density at radius 2 is 1.80 bits per heavy atom. The number of fused-ring (bicyclic) bond motifs is 1. The molecule has 0 bridgehead atoms. The van der Waals surface area contributed by atoms with Gasteiger partial charge in [-0.3, -0.25) is 14.5 Å². The van der Waals surface area contributed by atoms with E-state index >= 15 is 0 Å². The third-order valence-corrected chi connectivity index (χ3v) is 6.56. The number of carbonyl (C=O) groups excluding carboxylic acids is 1. The molecule has 30 heavy (non-hydrogen) atoms. The molecule has 1 amide bonds. The zero-order valence-corrected chi connectivity index (χ0v) is 20.0. The van der Waals surface area contributed by atoms with E-state index in [9.17, 15) is 9.59 Å². The third-order valence-electron chi connectivity index (χ3n) is 5.44. The quantitative estimate of drug-likeness (QED) is 0.442. The van der Waals surface area contributed by atoms with Gasteiger partial charge in [-0.15, -0.1) is 0 Å². The standard InChI is InChI=1S/C22H20BrCl2N3O2/c1-11(2)27-18(23)9-16-20(27)19(15-6-5-13(24)7-12(15)3)28(21(16)29)14-8-17(25)22(30)26(4)10-14/h5-11,19H,1-4H3. The third kappa shape index (κ3) is 3.22. The maximum atomic E-state index is 13.6. The molecule has 0 saturated heterocycles. The summed E-state index contributed by atoms with van der Waals surface area (Å²) >= 11 is 16.0. The van der Waals surface area contributed by atoms with Gasteiger partial charge in [0.2, 0.25) is 0 Å². The van der Waals surface area contributed by atoms with Crippen LogP contribution in [0.5, 0.6) is 0 Å². The van der Waals surface area contributed by atoms with Gasteiger partial charge in [0, 0.05) is 24.3 Å². The van der Waals surface area contributed by atoms with E-state index in [-0.39, 0.29) is 28.6 Å². The highest BCUT2D eigenvalue weighted by atomic mass is 79.9. The second kappa shape index (κ2) is 7.59. The number of aryl methyl sites for hydroxylation is 2. The van der Waals surface area contributed by atoms with Crippen LogP contribution in [0.2, 0.25) is 10.0 Å². The number of rotatable bonds is 3. The fourth-order valence-electron chi connectivity index (χ4n) is 4.14. The molecule has 0 radical (unpaired) electrons. The molecular weight excluding hydrogens is 489 g/mol. The molecule has 0 N–H and O–H groups in total. The van der Waals surface area contributed by atoms with Crippen molar-refractivity contribution in [1.29, 1.82) is 0 Å². The minimum Gasteiger partial charge on any atom is -0.334 e. The number of carbonyl (C=O) groups is 1. The molecule has 2 aromatic heterocycles. The van der Waals surface area contributed by atoms with Gasteiger partial charge in [0.25, 0.3) is 11.5 Å². The van der Waals surface area contributed by atoms with Crippen LogP contribution in [0.4, 0.5) is 5.69 Å². The second-order valence-electron chi connectivity index (χ2n) is 7.77. The monoisotopic (exact) mass is 507 g/mol. The molecule has 1 aliphatic heterocycles. The minimum absolute atomic E-state index is 0.0684. The Kier molecular flexibility index (Phi) is 5.37. The van der Waals surface area contributed by atoms with Gasteiger partial charge in [0.15, 0.2) is 0 Å². The van der Waals surface area contributed by atoms with Gasteiger partial charge in [0.1, 0.15) is 11.1 Å². The lowest BCUT2D eigenvalue weighted by molar-refractivity contribution is 0.0993. The average molecular weight is 509 g/mol. The number of nitrogens with zero attached hydrogens (tertiary/aromatic N) is 3. The summed E-state index contributed by atoms with van der Waals surface area (Å²) < 4.78 is 4.37. The van der Waals surface area contributed by atoms with Gasteiger partial charge in [-0.25, -0.2) is 0 Å². The smallest absolute Gasteiger partial charge is 0.269 e. The summed E-state index contributed by atoms with van der Waals surface area (Å²) in [6.07, 6.45) is 1.64. The molecule has 156 valence electrons. The normalized spacial score (nSPS) is 15.9. The van der Waals surface area contributed by atoms with Crippen LogP contribution in [0.25, 0.3) is 0 Å². The topological polar surface area (TPSA) is 47.2 Å². The Balaban J connectivity index is 2.02. The Bertz CT molecular complexity index is 1220. The molecule has 0 fully saturated rings. The number of anilines is 1. The maximum absolute atomic E-state index is 13.6. The number of halogens is 3. The predicted octanol–water partition coefficient (Wildman–Crippen LogP) is 5.90. The van der Waals surface area contributed by atoms with Crippen LogP contribution in [-0.4, -0.2) is 15.0 Å². The van der Waals surface area contributed by atoms with E-state index in [4.69, 9.17) is 23.2 Å². The Morgan fingerprint density at radius 1 is 1.10 bits per heavy atom. The summed E-state index contributed by atoms with van der Waals surface area (Å²) in [5.41, 5.74) is 3.72. The highest BCUT2D eigenvalue weighted by molar-refractivity contribution is 9.10. The minimum atomic E-state index is -0.382. The molecule has 8 heteroatoms. The second-order valence-corrected chi connectivity index (χ2v) is 9.43. The van der Waals surface area contributed by atoms with Gasteiger partial charge >= 0.3 is 0 Å². The van der Waals surface area contributed by atoms with Crippen molar-refractivity contribution in [2.75, 3.05) is 4.90 Å². The van der Waals surface area contributed by atoms with Crippen LogP contribution >= 0.6 is 39.1 Å². The molecule has 0 spiro atoms. The van der Waals surface area contributed by atoms with Crippen LogP contribution in [0.1, 0.15) is 53.1 Å². The number of aromatic nitrogens is 2. The average Bonchev–Trinajstić information content (AvgIpc) is 3.13. The maximum Gasteiger partial charge on any atom is 0.269 e. The number of pyridine rings is 1. The fourth-order valence-corrected chi connectivity index (χ4v) is 5.44. The molecule has 0 aliphatic carbocycles. The first-order chi connectivity index (χ1) is 14.1. The fraction of sp³-hybridized carbons (Fsp3) is 0.273. The van der Waals surface area contributed by atoms with Gasteiger partial charge in [-0.05, 0) is 72.1 Å². The molecule has 1 atom stereocenters. The lowest BCUT2D eigenvalue weighted by atomic mass is 9.98. The molecule has 3 heterocycles. The van der Waals surface area contributed by atoms with Crippen molar-refractivity contribution in [1.82, 2.24) is 9.13 Å². The number of hydrogen-bond donors (Lipinski definition) is 0. The van der Waals surface area contributed by atoms with Gasteiger partial charge < -0.3 is 9.13 Å². The summed E-state index contributed by atoms with van der Waals surface area (Å²) in [5.74, 6) is -0.140. The van der Waals surface area contributed by atoms with Crippen molar-refractivity contribution < 1.29 is 4.79 Å². The highest BCUT2D eigenvalue weighted by Gasteiger charge is 2.43. The summed E-state index contributed by atoms with van der Waals surface area (Å²) in [7, 11) is 1.62. The van der Waals surface area contributed by atoms with Crippen molar-refractivity contribution in [3.63, 3.8) is 0 Å². The van der Waals surface area contributed by atoms with Crippen LogP contribution in [-0.2, 0) is 7.05 Å². The van der Waals surface area contributed by atoms with Crippen molar-refractivity contribution in [2.24, 2.45) is 7.05 Å². The Morgan fingerprint density at radius 3 is 2.40 bits per heavy atom. The van der Waals surface area contributed by atoms with E-state index in [0.717, 1.165) is 21.4 Å². The summed E-state index contributed by atoms with van der Waals surface area (Å²) in [6, 6.07) is 8.84. The zero-order chi connectivity index (χ0) is 21.9. The van der Waals surface area contributed by atoms with E-state index in [1.54, 1.807) is 24.2 Å². The first-order valence-corrected chi connectivity index (χ1v) is 11.0. The summed E-state index contributed by atoms with van der Waals surface area (Å²) in [6.45, 7) is 6.13. The molecule has 1 aliphatic rings. The first-order valence-electron chi connectivity index (χ1n) is 9.48. The molecule has 4 rings (SSSR count). The van der Waals surface area contributed by atoms with E-state index in [1.165, 1.54) is 4.57 Å². The zero-order valence-electron chi connectivity index (χ0n) is 16.9. The Labute approximate surface area is 193 Å². The van der Waals surface area contributed by atoms with Crippen molar-refractivity contribution in [2.45, 2.75) is 32.9 Å². The van der Waals surface area contributed by atoms with E-state index in [2.05, 4.69) is 34.3 Å². The number of hydrogen-bond acceptors (Lipinski definition) is 2. The van der Waals surface area contributed by atoms with Crippen molar-refractivity contribution in [3.8, 4) is 0 Å². The van der Waals surface area contributed by atoms with Gasteiger partial charge in [0.05, 0.1) is 21.5 Å². The van der Waals surface area contributed by atoms with E-state index in [1.807, 2.05) is 31.2 Å². The summed E-state index contributed by atoms with van der Waals surface area (Å²) in [5, 5.41) is 0.705. The first kappa shape index (κ1) is 21.2. The largest absolute Gasteiger partial charge is 0.334 e. The molecule has 1 unspecified atom stereocenters. The lowest BCUT2D eigenvalue weighted by Gasteiger charge is -2.29. The molecule has 0 saturated carbocycles. The lowest BCUT2D eigenvalue weighted by Crippen LogP contribution is -2.32. The van der Waals surface area contributed by atoms with Gasteiger partial charge in [-0.1, -0.05) is 29.3 Å².